The van der Waals surface area contributed by atoms with Crippen molar-refractivity contribution < 1.29 is 13.9 Å². The number of hydrogen-bond donors (Lipinski definition) is 0. The molecule has 2 aliphatic carbocycles. The summed E-state index contributed by atoms with van der Waals surface area (Å²) in [5, 5.41) is 8.53. The maximum absolute atomic E-state index is 5.95. The summed E-state index contributed by atoms with van der Waals surface area (Å²) >= 11 is 0. The molecule has 3 unspecified atom stereocenters. The topological polar surface area (TPSA) is 57.4 Å². The smallest absolute Gasteiger partial charge is 0.247 e. The number of fused-ring (bicyclic) bond motifs is 3. The highest BCUT2D eigenvalue weighted by Crippen LogP contribution is 2.52. The third kappa shape index (κ3) is 1.76. The standard InChI is InChI=1S/C16H16N2O3/c1-2-10-5-9(1)6-12(10)16-18-17-15(21-16)11-3-4-13-14(7-11)20-8-19-13/h3-4,7,9-10,12H,1-2,5-6,8H2. The van der Waals surface area contributed by atoms with E-state index in [2.05, 4.69) is 10.2 Å². The molecular weight excluding hydrogens is 268 g/mol. The Labute approximate surface area is 122 Å². The zero-order chi connectivity index (χ0) is 13.8. The lowest BCUT2D eigenvalue weighted by Gasteiger charge is -2.17. The number of nitrogens with zero attached hydrogens (tertiary/aromatic N) is 2. The second-order valence-corrected chi connectivity index (χ2v) is 6.29. The zero-order valence-corrected chi connectivity index (χ0v) is 11.6. The summed E-state index contributed by atoms with van der Waals surface area (Å²) in [6, 6.07) is 5.73. The minimum atomic E-state index is 0.277. The quantitative estimate of drug-likeness (QED) is 0.846. The number of hydrogen-bond acceptors (Lipinski definition) is 5. The zero-order valence-electron chi connectivity index (χ0n) is 11.6. The predicted molar refractivity (Wildman–Crippen MR) is 74.0 cm³/mol. The van der Waals surface area contributed by atoms with Crippen molar-refractivity contribution >= 4 is 0 Å². The van der Waals surface area contributed by atoms with Gasteiger partial charge in [0.15, 0.2) is 11.5 Å². The van der Waals surface area contributed by atoms with E-state index < -0.39 is 0 Å². The molecule has 2 bridgehead atoms. The van der Waals surface area contributed by atoms with Crippen LogP contribution in [-0.2, 0) is 0 Å². The molecule has 5 nitrogen and oxygen atoms in total. The maximum atomic E-state index is 5.95. The van der Waals surface area contributed by atoms with Crippen molar-refractivity contribution in [1.82, 2.24) is 10.2 Å². The first-order chi connectivity index (χ1) is 10.4. The highest BCUT2D eigenvalue weighted by Gasteiger charge is 2.42. The summed E-state index contributed by atoms with van der Waals surface area (Å²) in [7, 11) is 0. The van der Waals surface area contributed by atoms with Gasteiger partial charge in [-0.2, -0.15) is 0 Å². The van der Waals surface area contributed by atoms with E-state index in [0.29, 0.717) is 11.8 Å². The van der Waals surface area contributed by atoms with Crippen LogP contribution in [0.15, 0.2) is 22.6 Å². The molecule has 0 N–H and O–H groups in total. The van der Waals surface area contributed by atoms with Crippen molar-refractivity contribution in [3.8, 4) is 23.0 Å². The molecule has 0 spiro atoms. The molecular formula is C16H16N2O3. The molecule has 1 aliphatic heterocycles. The Hall–Kier alpha value is -2.04. The first-order valence-electron chi connectivity index (χ1n) is 7.60. The van der Waals surface area contributed by atoms with Crippen molar-refractivity contribution in [3.63, 3.8) is 0 Å². The summed E-state index contributed by atoms with van der Waals surface area (Å²) in [6.45, 7) is 0.277. The van der Waals surface area contributed by atoms with Crippen LogP contribution in [0.5, 0.6) is 11.5 Å². The maximum Gasteiger partial charge on any atom is 0.247 e. The van der Waals surface area contributed by atoms with Gasteiger partial charge in [0.05, 0.1) is 0 Å². The number of ether oxygens (including phenoxy) is 2. The molecule has 5 rings (SSSR count). The molecule has 3 atom stereocenters. The lowest BCUT2D eigenvalue weighted by Crippen LogP contribution is -2.08. The van der Waals surface area contributed by atoms with Gasteiger partial charge >= 0.3 is 0 Å². The molecule has 2 fully saturated rings. The first kappa shape index (κ1) is 11.6. The Balaban J connectivity index is 1.45. The van der Waals surface area contributed by atoms with Gasteiger partial charge in [0, 0.05) is 11.5 Å². The average molecular weight is 284 g/mol. The summed E-state index contributed by atoms with van der Waals surface area (Å²) in [5.74, 6) is 5.00. The van der Waals surface area contributed by atoms with E-state index in [-0.39, 0.29) is 6.79 Å². The minimum Gasteiger partial charge on any atom is -0.454 e. The van der Waals surface area contributed by atoms with Gasteiger partial charge in [0.1, 0.15) is 0 Å². The summed E-state index contributed by atoms with van der Waals surface area (Å²) in [4.78, 5) is 0. The summed E-state index contributed by atoms with van der Waals surface area (Å²) in [5.41, 5.74) is 0.890. The molecule has 1 aromatic carbocycles. The van der Waals surface area contributed by atoms with Gasteiger partial charge in [-0.25, -0.2) is 0 Å². The lowest BCUT2D eigenvalue weighted by atomic mass is 9.89. The van der Waals surface area contributed by atoms with Crippen LogP contribution in [0.25, 0.3) is 11.5 Å². The van der Waals surface area contributed by atoms with Crippen LogP contribution in [0.2, 0.25) is 0 Å². The lowest BCUT2D eigenvalue weighted by molar-refractivity contribution is 0.174. The second kappa shape index (κ2) is 4.23. The normalized spacial score (nSPS) is 29.2. The van der Waals surface area contributed by atoms with Gasteiger partial charge in [0.2, 0.25) is 18.6 Å². The Morgan fingerprint density at radius 3 is 2.81 bits per heavy atom. The molecule has 0 saturated heterocycles. The van der Waals surface area contributed by atoms with Gasteiger partial charge in [-0.15, -0.1) is 10.2 Å². The fraction of sp³-hybridized carbons (Fsp3) is 0.500. The van der Waals surface area contributed by atoms with Gasteiger partial charge in [-0.05, 0) is 49.3 Å². The van der Waals surface area contributed by atoms with Crippen LogP contribution in [0, 0.1) is 11.8 Å². The van der Waals surface area contributed by atoms with Gasteiger partial charge < -0.3 is 13.9 Å². The predicted octanol–water partition coefficient (Wildman–Crippen LogP) is 3.37. The number of rotatable bonds is 2. The Morgan fingerprint density at radius 2 is 1.95 bits per heavy atom. The van der Waals surface area contributed by atoms with Crippen LogP contribution in [0.4, 0.5) is 0 Å². The molecule has 2 aromatic rings. The van der Waals surface area contributed by atoms with Crippen LogP contribution < -0.4 is 9.47 Å². The molecule has 1 aromatic heterocycles. The Bertz CT molecular complexity index is 697. The Morgan fingerprint density at radius 1 is 1.00 bits per heavy atom. The molecule has 3 aliphatic rings. The van der Waals surface area contributed by atoms with E-state index in [1.807, 2.05) is 18.2 Å². The fourth-order valence-electron chi connectivity index (χ4n) is 4.08. The molecule has 0 radical (unpaired) electrons. The Kier molecular flexibility index (Phi) is 2.34. The van der Waals surface area contributed by atoms with E-state index in [0.717, 1.165) is 34.8 Å². The minimum absolute atomic E-state index is 0.277. The van der Waals surface area contributed by atoms with E-state index in [4.69, 9.17) is 13.9 Å². The van der Waals surface area contributed by atoms with E-state index in [1.165, 1.54) is 25.7 Å². The van der Waals surface area contributed by atoms with Gasteiger partial charge in [-0.3, -0.25) is 0 Å². The van der Waals surface area contributed by atoms with Crippen LogP contribution in [-0.4, -0.2) is 17.0 Å². The molecule has 5 heteroatoms. The number of aromatic nitrogens is 2. The highest BCUT2D eigenvalue weighted by atomic mass is 16.7. The monoisotopic (exact) mass is 284 g/mol. The second-order valence-electron chi connectivity index (χ2n) is 6.29. The highest BCUT2D eigenvalue weighted by molar-refractivity contribution is 5.60. The fourth-order valence-corrected chi connectivity index (χ4v) is 4.08. The van der Waals surface area contributed by atoms with Crippen molar-refractivity contribution in [2.45, 2.75) is 31.6 Å². The third-order valence-corrected chi connectivity index (χ3v) is 5.12. The summed E-state index contributed by atoms with van der Waals surface area (Å²) < 4.78 is 16.7. The molecule has 108 valence electrons. The van der Waals surface area contributed by atoms with E-state index in [1.54, 1.807) is 0 Å². The van der Waals surface area contributed by atoms with Crippen LogP contribution >= 0.6 is 0 Å². The van der Waals surface area contributed by atoms with E-state index in [9.17, 15) is 0 Å². The molecule has 2 saturated carbocycles. The molecule has 2 heterocycles. The number of benzene rings is 1. The van der Waals surface area contributed by atoms with Gasteiger partial charge in [-0.1, -0.05) is 6.42 Å². The summed E-state index contributed by atoms with van der Waals surface area (Å²) in [6.07, 6.45) is 5.25. The third-order valence-electron chi connectivity index (χ3n) is 5.12. The van der Waals surface area contributed by atoms with Crippen molar-refractivity contribution in [2.75, 3.05) is 6.79 Å². The van der Waals surface area contributed by atoms with Crippen molar-refractivity contribution in [3.05, 3.63) is 24.1 Å². The first-order valence-corrected chi connectivity index (χ1v) is 7.60. The SMILES string of the molecule is c1cc2c(cc1-c1nnc(C3CC4CCC3C4)o1)OCO2. The molecule has 21 heavy (non-hydrogen) atoms. The largest absolute Gasteiger partial charge is 0.454 e. The molecule has 0 amide bonds. The van der Waals surface area contributed by atoms with Gasteiger partial charge in [0.25, 0.3) is 0 Å². The van der Waals surface area contributed by atoms with Crippen molar-refractivity contribution in [2.24, 2.45) is 11.8 Å². The van der Waals surface area contributed by atoms with E-state index >= 15 is 0 Å². The average Bonchev–Trinajstić information content (AvgIpc) is 3.27. The van der Waals surface area contributed by atoms with Crippen LogP contribution in [0.1, 0.15) is 37.5 Å². The van der Waals surface area contributed by atoms with Crippen molar-refractivity contribution in [1.29, 1.82) is 0 Å². The van der Waals surface area contributed by atoms with Crippen LogP contribution in [0.3, 0.4) is 0 Å².